The van der Waals surface area contributed by atoms with Gasteiger partial charge in [-0.15, -0.1) is 0 Å². The van der Waals surface area contributed by atoms with Crippen LogP contribution in [0.2, 0.25) is 0 Å². The van der Waals surface area contributed by atoms with Crippen LogP contribution < -0.4 is 30.3 Å². The Balaban J connectivity index is 3.71. The van der Waals surface area contributed by atoms with Crippen LogP contribution in [0.4, 0.5) is 0 Å². The van der Waals surface area contributed by atoms with Crippen LogP contribution in [0.25, 0.3) is 0 Å². The molecule has 0 aliphatic heterocycles. The highest BCUT2D eigenvalue weighted by Crippen LogP contribution is 2.34. The summed E-state index contributed by atoms with van der Waals surface area (Å²) >= 11 is 0. The van der Waals surface area contributed by atoms with Gasteiger partial charge in [-0.25, -0.2) is 16.8 Å². The second-order valence-electron chi connectivity index (χ2n) is 12.9. The molecule has 0 heterocycles. The van der Waals surface area contributed by atoms with Gasteiger partial charge in [0, 0.05) is 52.4 Å². The molecule has 0 aliphatic carbocycles. The summed E-state index contributed by atoms with van der Waals surface area (Å²) in [5.41, 5.74) is -0.211. The number of carboxylic acids is 5. The monoisotopic (exact) mass is 806 g/mol. The van der Waals surface area contributed by atoms with Crippen molar-refractivity contribution in [2.45, 2.75) is 81.0 Å². The molecule has 20 nitrogen and oxygen atoms in total. The minimum atomic E-state index is -5.60. The molecule has 308 valence electrons. The first-order valence-electron chi connectivity index (χ1n) is 16.9. The third kappa shape index (κ3) is 19.4. The van der Waals surface area contributed by atoms with Crippen molar-refractivity contribution >= 4 is 50.1 Å². The van der Waals surface area contributed by atoms with Gasteiger partial charge in [-0.05, 0) is 30.0 Å². The Morgan fingerprint density at radius 2 is 1.17 bits per heavy atom. The SMILES string of the molecule is CCCCCCCCC(C)Cc1cc(S(=O)(=O)[O-])cc(S(=O)(=O)[O-])c1OCC(CN(CCN(CC(=O)[O-])CC(=O)[O-])CC(=O)[O-])N(CC(=O)[O-])CC(=O)[O-]. The van der Waals surface area contributed by atoms with Gasteiger partial charge in [0.1, 0.15) is 32.6 Å². The number of benzene rings is 1. The lowest BCUT2D eigenvalue weighted by Gasteiger charge is -2.37. The Kier molecular flexibility index (Phi) is 20.6. The first-order valence-corrected chi connectivity index (χ1v) is 19.7. The summed E-state index contributed by atoms with van der Waals surface area (Å²) in [6, 6.07) is -0.428. The maximum atomic E-state index is 12.4. The van der Waals surface area contributed by atoms with E-state index in [0.29, 0.717) is 17.4 Å². The van der Waals surface area contributed by atoms with E-state index in [4.69, 9.17) is 4.74 Å². The van der Waals surface area contributed by atoms with Gasteiger partial charge in [0.2, 0.25) is 0 Å². The molecule has 0 N–H and O–H groups in total. The molecule has 0 saturated carbocycles. The number of aliphatic carboxylic acids is 5. The van der Waals surface area contributed by atoms with Crippen LogP contribution in [0.1, 0.15) is 64.4 Å². The van der Waals surface area contributed by atoms with Gasteiger partial charge >= 0.3 is 0 Å². The molecular weight excluding hydrogens is 762 g/mol. The standard InChI is InChI=1S/C32H51N3O17S2/c1-3-4-5-6-7-8-9-22(2)12-23-13-25(53(46,47)48)14-26(54(49,50)51)32(23)52-21-24(35(19-30(42)43)20-31(44)45)15-33(16-27(36)37)10-11-34(17-28(38)39)18-29(40)41/h13-14,22,24H,3-12,15-21H2,1-2H3,(H,36,37)(H,38,39)(H,40,41)(H,42,43)(H,44,45)(H,46,47,48)(H,49,50,51)/p-7. The number of carboxylic acid groups (broad SMARTS) is 5. The average molecular weight is 807 g/mol. The quantitative estimate of drug-likeness (QED) is 0.0515. The Morgan fingerprint density at radius 1 is 0.685 bits per heavy atom. The van der Waals surface area contributed by atoms with Gasteiger partial charge in [0.15, 0.2) is 0 Å². The summed E-state index contributed by atoms with van der Waals surface area (Å²) in [7, 11) is -10.9. The van der Waals surface area contributed by atoms with Crippen molar-refractivity contribution < 1.29 is 80.2 Å². The number of unbranched alkanes of at least 4 members (excludes halogenated alkanes) is 5. The number of ether oxygens (including phenoxy) is 1. The predicted octanol–water partition coefficient (Wildman–Crippen LogP) is -6.17. The summed E-state index contributed by atoms with van der Waals surface area (Å²) in [6.07, 6.45) is 6.08. The van der Waals surface area contributed by atoms with E-state index in [1.54, 1.807) is 6.92 Å². The Morgan fingerprint density at radius 3 is 1.65 bits per heavy atom. The fourth-order valence-electron chi connectivity index (χ4n) is 5.70. The van der Waals surface area contributed by atoms with Crippen molar-refractivity contribution in [1.82, 2.24) is 14.7 Å². The molecule has 0 fully saturated rings. The summed E-state index contributed by atoms with van der Waals surface area (Å²) in [5, 5.41) is 57.2. The van der Waals surface area contributed by atoms with Crippen molar-refractivity contribution in [3.05, 3.63) is 17.7 Å². The number of rotatable bonds is 30. The molecule has 0 bridgehead atoms. The zero-order valence-corrected chi connectivity index (χ0v) is 31.6. The van der Waals surface area contributed by atoms with Crippen molar-refractivity contribution in [2.24, 2.45) is 5.92 Å². The predicted molar refractivity (Wildman–Crippen MR) is 172 cm³/mol. The number of carbonyl (C=O) groups excluding carboxylic acids is 5. The Hall–Kier alpha value is -3.93. The van der Waals surface area contributed by atoms with E-state index >= 15 is 0 Å². The highest BCUT2D eigenvalue weighted by Gasteiger charge is 2.27. The molecule has 0 aliphatic rings. The van der Waals surface area contributed by atoms with E-state index in [1.807, 2.05) is 0 Å². The maximum absolute atomic E-state index is 12.4. The van der Waals surface area contributed by atoms with Crippen molar-refractivity contribution in [3.8, 4) is 5.75 Å². The molecule has 0 spiro atoms. The van der Waals surface area contributed by atoms with Gasteiger partial charge in [0.25, 0.3) is 0 Å². The normalized spacial score (nSPS) is 13.2. The molecule has 1 aromatic rings. The van der Waals surface area contributed by atoms with E-state index in [0.717, 1.165) is 54.4 Å². The lowest BCUT2D eigenvalue weighted by atomic mass is 9.94. The highest BCUT2D eigenvalue weighted by molar-refractivity contribution is 7.86. The third-order valence-electron chi connectivity index (χ3n) is 8.14. The van der Waals surface area contributed by atoms with Crippen molar-refractivity contribution in [1.29, 1.82) is 0 Å². The summed E-state index contributed by atoms with van der Waals surface area (Å²) < 4.78 is 79.1. The molecule has 1 aromatic carbocycles. The summed E-state index contributed by atoms with van der Waals surface area (Å²) in [6.45, 7) is -3.81. The fourth-order valence-corrected chi connectivity index (χ4v) is 7.02. The molecular formula is C32H44N3O17S2-7. The van der Waals surface area contributed by atoms with Crippen LogP contribution in [-0.4, -0.2) is 135 Å². The van der Waals surface area contributed by atoms with Crippen LogP contribution in [0.5, 0.6) is 5.75 Å². The zero-order chi connectivity index (χ0) is 41.2. The van der Waals surface area contributed by atoms with Gasteiger partial charge < -0.3 is 63.3 Å². The minimum Gasteiger partial charge on any atom is -0.744 e. The topological polar surface area (TPSA) is 334 Å². The van der Waals surface area contributed by atoms with E-state index in [2.05, 4.69) is 6.92 Å². The molecule has 0 aromatic heterocycles. The van der Waals surface area contributed by atoms with Crippen LogP contribution in [0, 0.1) is 5.92 Å². The van der Waals surface area contributed by atoms with Crippen LogP contribution in [-0.2, 0) is 50.6 Å². The lowest BCUT2D eigenvalue weighted by molar-refractivity contribution is -0.313. The lowest BCUT2D eigenvalue weighted by Crippen LogP contribution is -2.56. The molecule has 2 unspecified atom stereocenters. The zero-order valence-electron chi connectivity index (χ0n) is 29.9. The van der Waals surface area contributed by atoms with Crippen LogP contribution in [0.15, 0.2) is 21.9 Å². The van der Waals surface area contributed by atoms with Gasteiger partial charge in [0.05, 0.1) is 45.7 Å². The van der Waals surface area contributed by atoms with E-state index in [1.165, 1.54) is 0 Å². The molecule has 0 radical (unpaired) electrons. The minimum absolute atomic E-state index is 0.119. The van der Waals surface area contributed by atoms with Crippen molar-refractivity contribution in [2.75, 3.05) is 59.0 Å². The second kappa shape index (κ2) is 23.1. The molecule has 22 heteroatoms. The maximum Gasteiger partial charge on any atom is 0.140 e. The molecule has 2 atom stereocenters. The number of carbonyl (C=O) groups is 5. The third-order valence-corrected chi connectivity index (χ3v) is 9.80. The first-order chi connectivity index (χ1) is 25.0. The van der Waals surface area contributed by atoms with Crippen LogP contribution in [0.3, 0.4) is 0 Å². The second-order valence-corrected chi connectivity index (χ2v) is 15.6. The number of hydrogen-bond donors (Lipinski definition) is 0. The average Bonchev–Trinajstić information content (AvgIpc) is 3.00. The molecule has 1 rings (SSSR count). The molecule has 54 heavy (non-hydrogen) atoms. The number of hydrogen-bond acceptors (Lipinski definition) is 20. The van der Waals surface area contributed by atoms with Crippen molar-refractivity contribution in [3.63, 3.8) is 0 Å². The van der Waals surface area contributed by atoms with Gasteiger partial charge in [-0.1, -0.05) is 58.8 Å². The largest absolute Gasteiger partial charge is 0.744 e. The van der Waals surface area contributed by atoms with Gasteiger partial charge in [-0.2, -0.15) is 0 Å². The van der Waals surface area contributed by atoms with Gasteiger partial charge in [-0.3, -0.25) is 14.7 Å². The first kappa shape index (κ1) is 48.1. The Bertz CT molecular complexity index is 1620. The van der Waals surface area contributed by atoms with E-state index in [-0.39, 0.29) is 17.9 Å². The Labute approximate surface area is 313 Å². The smallest absolute Gasteiger partial charge is 0.140 e. The molecule has 0 saturated heterocycles. The fraction of sp³-hybridized carbons (Fsp3) is 0.656. The van der Waals surface area contributed by atoms with E-state index < -0.39 is 131 Å². The van der Waals surface area contributed by atoms with Crippen LogP contribution >= 0.6 is 0 Å². The van der Waals surface area contributed by atoms with E-state index in [9.17, 15) is 75.4 Å². The summed E-state index contributed by atoms with van der Waals surface area (Å²) in [4.78, 5) is 57.3. The number of nitrogens with zero attached hydrogens (tertiary/aromatic N) is 3. The summed E-state index contributed by atoms with van der Waals surface area (Å²) in [5.74, 6) is -9.81. The molecule has 0 amide bonds. The highest BCUT2D eigenvalue weighted by atomic mass is 32.2.